The third kappa shape index (κ3) is 4.94. The first-order chi connectivity index (χ1) is 11.2. The van der Waals surface area contributed by atoms with Crippen LogP contribution < -0.4 is 5.32 Å². The number of carbonyl (C=O) groups excluding carboxylic acids is 1. The minimum Gasteiger partial charge on any atom is -0.444 e. The van der Waals surface area contributed by atoms with E-state index in [1.165, 1.54) is 0 Å². The zero-order valence-corrected chi connectivity index (χ0v) is 14.5. The van der Waals surface area contributed by atoms with Crippen molar-refractivity contribution in [1.82, 2.24) is 15.3 Å². The molecule has 0 radical (unpaired) electrons. The van der Waals surface area contributed by atoms with Gasteiger partial charge in [0.1, 0.15) is 17.5 Å². The van der Waals surface area contributed by atoms with Gasteiger partial charge in [-0.2, -0.15) is 0 Å². The lowest BCUT2D eigenvalue weighted by atomic mass is 10.0. The first kappa shape index (κ1) is 18.2. The number of nitrogens with one attached hydrogen (secondary N) is 2. The van der Waals surface area contributed by atoms with Gasteiger partial charge in [0, 0.05) is 6.54 Å². The van der Waals surface area contributed by atoms with E-state index in [-0.39, 0.29) is 13.0 Å². The highest BCUT2D eigenvalue weighted by Gasteiger charge is 2.20. The summed E-state index contributed by atoms with van der Waals surface area (Å²) in [6, 6.07) is 5.30. The van der Waals surface area contributed by atoms with E-state index in [9.17, 15) is 15.0 Å². The Morgan fingerprint density at radius 2 is 2.08 bits per heavy atom. The van der Waals surface area contributed by atoms with Gasteiger partial charge in [0.15, 0.2) is 0 Å². The molecule has 0 aliphatic rings. The van der Waals surface area contributed by atoms with Gasteiger partial charge in [-0.05, 0) is 51.8 Å². The van der Waals surface area contributed by atoms with Gasteiger partial charge in [-0.3, -0.25) is 0 Å². The molecule has 1 amide bonds. The summed E-state index contributed by atoms with van der Waals surface area (Å²) < 4.78 is 5.11. The lowest BCUT2D eigenvalue weighted by Gasteiger charge is -2.21. The van der Waals surface area contributed by atoms with Crippen LogP contribution in [0.15, 0.2) is 18.2 Å². The normalized spacial score (nSPS) is 14.4. The Kier molecular flexibility index (Phi) is 5.46. The average Bonchev–Trinajstić information content (AvgIpc) is 2.83. The van der Waals surface area contributed by atoms with Crippen LogP contribution in [0.2, 0.25) is 0 Å². The molecule has 4 N–H and O–H groups in total. The van der Waals surface area contributed by atoms with Crippen LogP contribution in [-0.2, 0) is 4.74 Å². The number of aryl methyl sites for hydroxylation is 1. The number of imidazole rings is 1. The number of aromatic amines is 1. The maximum atomic E-state index is 11.5. The predicted octanol–water partition coefficient (Wildman–Crippen LogP) is 2.18. The summed E-state index contributed by atoms with van der Waals surface area (Å²) in [4.78, 5) is 18.9. The predicted molar refractivity (Wildman–Crippen MR) is 90.7 cm³/mol. The van der Waals surface area contributed by atoms with Crippen LogP contribution in [0.1, 0.15) is 44.7 Å². The second kappa shape index (κ2) is 7.19. The van der Waals surface area contributed by atoms with Crippen LogP contribution in [0, 0.1) is 6.92 Å². The zero-order valence-electron chi connectivity index (χ0n) is 14.5. The number of fused-ring (bicyclic) bond motifs is 1. The Morgan fingerprint density at radius 3 is 2.75 bits per heavy atom. The molecule has 1 heterocycles. The van der Waals surface area contributed by atoms with E-state index in [1.54, 1.807) is 39.0 Å². The van der Waals surface area contributed by atoms with Crippen LogP contribution in [0.4, 0.5) is 4.79 Å². The topological polar surface area (TPSA) is 107 Å². The van der Waals surface area contributed by atoms with Crippen molar-refractivity contribution in [2.75, 3.05) is 6.54 Å². The number of aromatic nitrogens is 2. The van der Waals surface area contributed by atoms with Crippen molar-refractivity contribution in [3.05, 3.63) is 29.6 Å². The molecule has 2 atom stereocenters. The second-order valence-corrected chi connectivity index (χ2v) is 6.83. The summed E-state index contributed by atoms with van der Waals surface area (Å²) in [6.45, 7) is 7.39. The molecule has 7 nitrogen and oxygen atoms in total. The van der Waals surface area contributed by atoms with Crippen molar-refractivity contribution >= 4 is 17.1 Å². The number of hydrogen-bond donors (Lipinski definition) is 4. The minimum atomic E-state index is -1.04. The van der Waals surface area contributed by atoms with Crippen molar-refractivity contribution < 1.29 is 19.7 Å². The largest absolute Gasteiger partial charge is 0.444 e. The van der Waals surface area contributed by atoms with Crippen molar-refractivity contribution in [3.8, 4) is 0 Å². The lowest BCUT2D eigenvalue weighted by Crippen LogP contribution is -2.34. The molecule has 7 heteroatoms. The van der Waals surface area contributed by atoms with E-state index >= 15 is 0 Å². The minimum absolute atomic E-state index is 0.207. The molecule has 132 valence electrons. The van der Waals surface area contributed by atoms with Crippen LogP contribution in [0.25, 0.3) is 11.0 Å². The molecule has 0 fully saturated rings. The summed E-state index contributed by atoms with van der Waals surface area (Å²) in [6.07, 6.45) is -2.38. The molecule has 0 aliphatic heterocycles. The van der Waals surface area contributed by atoms with Crippen LogP contribution in [0.3, 0.4) is 0 Å². The van der Waals surface area contributed by atoms with Crippen LogP contribution >= 0.6 is 0 Å². The van der Waals surface area contributed by atoms with Crippen molar-refractivity contribution in [2.45, 2.75) is 51.9 Å². The van der Waals surface area contributed by atoms with Crippen LogP contribution in [0.5, 0.6) is 0 Å². The van der Waals surface area contributed by atoms with E-state index in [4.69, 9.17) is 4.74 Å². The van der Waals surface area contributed by atoms with Crippen molar-refractivity contribution in [2.24, 2.45) is 0 Å². The number of rotatable bonds is 5. The summed E-state index contributed by atoms with van der Waals surface area (Å²) in [5.41, 5.74) is 1.64. The molecule has 2 unspecified atom stereocenters. The number of nitrogens with zero attached hydrogens (tertiary/aromatic N) is 1. The summed E-state index contributed by atoms with van der Waals surface area (Å²) in [5, 5.41) is 23.0. The number of amides is 1. The molecule has 0 saturated heterocycles. The quantitative estimate of drug-likeness (QED) is 0.670. The molecule has 24 heavy (non-hydrogen) atoms. The third-order valence-electron chi connectivity index (χ3n) is 3.44. The van der Waals surface area contributed by atoms with E-state index < -0.39 is 23.9 Å². The SMILES string of the molecule is Cc1nc2ccc(C(O)C(O)CCNC(=O)OC(C)(C)C)cc2[nH]1. The molecule has 0 bridgehead atoms. The highest BCUT2D eigenvalue weighted by atomic mass is 16.6. The fourth-order valence-electron chi connectivity index (χ4n) is 2.36. The molecular weight excluding hydrogens is 310 g/mol. The van der Waals surface area contributed by atoms with Gasteiger partial charge >= 0.3 is 6.09 Å². The maximum Gasteiger partial charge on any atom is 0.407 e. The Hall–Kier alpha value is -2.12. The maximum absolute atomic E-state index is 11.5. The van der Waals surface area contributed by atoms with E-state index in [0.29, 0.717) is 5.56 Å². The molecule has 0 saturated carbocycles. The van der Waals surface area contributed by atoms with Gasteiger partial charge in [-0.1, -0.05) is 6.07 Å². The molecule has 1 aromatic heterocycles. The van der Waals surface area contributed by atoms with Crippen molar-refractivity contribution in [1.29, 1.82) is 0 Å². The summed E-state index contributed by atoms with van der Waals surface area (Å²) in [7, 11) is 0. The molecule has 2 rings (SSSR count). The fraction of sp³-hybridized carbons (Fsp3) is 0.529. The molecular formula is C17H25N3O4. The number of alkyl carbamates (subject to hydrolysis) is 1. The first-order valence-electron chi connectivity index (χ1n) is 7.95. The number of aliphatic hydroxyl groups is 2. The smallest absolute Gasteiger partial charge is 0.407 e. The highest BCUT2D eigenvalue weighted by molar-refractivity contribution is 5.76. The zero-order chi connectivity index (χ0) is 17.9. The number of benzene rings is 1. The molecule has 0 aliphatic carbocycles. The summed E-state index contributed by atoms with van der Waals surface area (Å²) in [5.74, 6) is 0.791. The molecule has 0 spiro atoms. The Bertz CT molecular complexity index is 705. The Labute approximate surface area is 141 Å². The number of carbonyl (C=O) groups is 1. The highest BCUT2D eigenvalue weighted by Crippen LogP contribution is 2.22. The Balaban J connectivity index is 1.88. The summed E-state index contributed by atoms with van der Waals surface area (Å²) >= 11 is 0. The van der Waals surface area contributed by atoms with Crippen molar-refractivity contribution in [3.63, 3.8) is 0 Å². The van der Waals surface area contributed by atoms with Gasteiger partial charge in [-0.15, -0.1) is 0 Å². The van der Waals surface area contributed by atoms with Crippen LogP contribution in [-0.4, -0.2) is 44.5 Å². The third-order valence-corrected chi connectivity index (χ3v) is 3.44. The van der Waals surface area contributed by atoms with E-state index in [0.717, 1.165) is 16.9 Å². The molecule has 1 aromatic carbocycles. The number of H-pyrrole nitrogens is 1. The van der Waals surface area contributed by atoms with Gasteiger partial charge in [-0.25, -0.2) is 9.78 Å². The number of hydrogen-bond acceptors (Lipinski definition) is 5. The monoisotopic (exact) mass is 335 g/mol. The number of ether oxygens (including phenoxy) is 1. The van der Waals surface area contributed by atoms with E-state index in [2.05, 4.69) is 15.3 Å². The van der Waals surface area contributed by atoms with E-state index in [1.807, 2.05) is 6.92 Å². The van der Waals surface area contributed by atoms with Gasteiger partial charge in [0.05, 0.1) is 17.1 Å². The van der Waals surface area contributed by atoms with Gasteiger partial charge < -0.3 is 25.3 Å². The first-order valence-corrected chi connectivity index (χ1v) is 7.95. The standard InChI is InChI=1S/C17H25N3O4/c1-10-19-12-6-5-11(9-13(12)20-10)15(22)14(21)7-8-18-16(23)24-17(2,3)4/h5-6,9,14-15,21-22H,7-8H2,1-4H3,(H,18,23)(H,19,20). The lowest BCUT2D eigenvalue weighted by molar-refractivity contribution is 0.0124. The Morgan fingerprint density at radius 1 is 1.38 bits per heavy atom. The number of aliphatic hydroxyl groups excluding tert-OH is 2. The van der Waals surface area contributed by atoms with Gasteiger partial charge in [0.25, 0.3) is 0 Å². The van der Waals surface area contributed by atoms with Gasteiger partial charge in [0.2, 0.25) is 0 Å². The fourth-order valence-corrected chi connectivity index (χ4v) is 2.36. The average molecular weight is 335 g/mol. The second-order valence-electron chi connectivity index (χ2n) is 6.83. The molecule has 2 aromatic rings.